The van der Waals surface area contributed by atoms with Crippen LogP contribution in [0.2, 0.25) is 0 Å². The van der Waals surface area contributed by atoms with Crippen LogP contribution < -0.4 is 5.32 Å². The molecule has 0 spiro atoms. The summed E-state index contributed by atoms with van der Waals surface area (Å²) in [4.78, 5) is 8.70. The molecule has 3 rings (SSSR count). The molecule has 0 saturated carbocycles. The van der Waals surface area contributed by atoms with Crippen LogP contribution in [0.3, 0.4) is 0 Å². The van der Waals surface area contributed by atoms with E-state index in [9.17, 15) is 5.11 Å². The molecule has 1 aromatic rings. The minimum atomic E-state index is -1.14. The summed E-state index contributed by atoms with van der Waals surface area (Å²) in [5, 5.41) is 12.5. The largest absolute Gasteiger partial charge is 0.369 e. The maximum absolute atomic E-state index is 9.24. The molecule has 0 fully saturated rings. The van der Waals surface area contributed by atoms with Crippen molar-refractivity contribution in [3.05, 3.63) is 23.8 Å². The number of methoxy groups -OCH3 is 1. The number of anilines is 1. The van der Waals surface area contributed by atoms with Crippen LogP contribution in [-0.2, 0) is 15.9 Å². The Bertz CT molecular complexity index is 630. The number of hydrogen-bond acceptors (Lipinski definition) is 6. The summed E-state index contributed by atoms with van der Waals surface area (Å²) in [7, 11) is 1.41. The van der Waals surface area contributed by atoms with Gasteiger partial charge < -0.3 is 19.9 Å². The third kappa shape index (κ3) is 3.41. The van der Waals surface area contributed by atoms with Crippen LogP contribution in [0.1, 0.15) is 31.0 Å². The number of fused-ring (bicyclic) bond motifs is 1. The molecule has 7 heteroatoms. The molecule has 1 aromatic heterocycles. The Morgan fingerprint density at radius 3 is 3.00 bits per heavy atom. The summed E-state index contributed by atoms with van der Waals surface area (Å²) in [5.41, 5.74) is 3.37. The summed E-state index contributed by atoms with van der Waals surface area (Å²) in [6.45, 7) is 2.38. The third-order valence-electron chi connectivity index (χ3n) is 4.27. The van der Waals surface area contributed by atoms with Crippen molar-refractivity contribution < 1.29 is 19.2 Å². The Kier molecular flexibility index (Phi) is 5.00. The van der Waals surface area contributed by atoms with E-state index in [1.54, 1.807) is 6.33 Å². The van der Waals surface area contributed by atoms with Crippen LogP contribution in [0.5, 0.6) is 0 Å². The molecule has 124 valence electrons. The van der Waals surface area contributed by atoms with E-state index in [-0.39, 0.29) is 0 Å². The van der Waals surface area contributed by atoms with Gasteiger partial charge in [0.1, 0.15) is 17.7 Å². The van der Waals surface area contributed by atoms with Gasteiger partial charge in [-0.15, -0.1) is 0 Å². The summed E-state index contributed by atoms with van der Waals surface area (Å²) in [5.74, 6) is 0.955. The minimum Gasteiger partial charge on any atom is -0.369 e. The summed E-state index contributed by atoms with van der Waals surface area (Å²) in [6.07, 6.45) is 8.65. The number of allylic oxidation sites excluding steroid dienone is 1. The van der Waals surface area contributed by atoms with Crippen LogP contribution in [0, 0.1) is 0 Å². The van der Waals surface area contributed by atoms with E-state index < -0.39 is 6.48 Å². The molecule has 0 radical (unpaired) electrons. The lowest BCUT2D eigenvalue weighted by molar-refractivity contribution is -0.505. The highest BCUT2D eigenvalue weighted by molar-refractivity contribution is 6.10. The van der Waals surface area contributed by atoms with Gasteiger partial charge in [0, 0.05) is 32.1 Å². The number of nitrogens with one attached hydrogen (secondary N) is 1. The van der Waals surface area contributed by atoms with Crippen molar-refractivity contribution in [2.24, 2.45) is 0 Å². The third-order valence-corrected chi connectivity index (χ3v) is 4.27. The maximum Gasteiger partial charge on any atom is 0.268 e. The van der Waals surface area contributed by atoms with Gasteiger partial charge in [-0.05, 0) is 6.42 Å². The van der Waals surface area contributed by atoms with E-state index in [0.717, 1.165) is 42.9 Å². The van der Waals surface area contributed by atoms with Gasteiger partial charge in [-0.2, -0.15) is 0 Å². The van der Waals surface area contributed by atoms with E-state index in [0.29, 0.717) is 12.6 Å². The topological polar surface area (TPSA) is 79.5 Å². The fourth-order valence-corrected chi connectivity index (χ4v) is 2.94. The van der Waals surface area contributed by atoms with Gasteiger partial charge in [0.2, 0.25) is 0 Å². The second-order valence-corrected chi connectivity index (χ2v) is 5.65. The van der Waals surface area contributed by atoms with Crippen molar-refractivity contribution in [3.8, 4) is 0 Å². The quantitative estimate of drug-likeness (QED) is 0.549. The zero-order valence-electron chi connectivity index (χ0n) is 13.5. The van der Waals surface area contributed by atoms with Crippen molar-refractivity contribution in [1.82, 2.24) is 9.97 Å². The molecule has 0 aliphatic carbocycles. The lowest BCUT2D eigenvalue weighted by Gasteiger charge is -2.18. The van der Waals surface area contributed by atoms with Crippen molar-refractivity contribution in [2.75, 3.05) is 25.6 Å². The van der Waals surface area contributed by atoms with Crippen molar-refractivity contribution >= 4 is 17.6 Å². The standard InChI is InChI=1S/C16H23N4O3/c1-3-12(5-7-23-16(21)22-2)20-8-11(9-20)14-13-4-6-17-15(13)19-10-18-14/h8-10,12,16,21H,3-7H2,1-2H3,(H,17,18,19)/q+1. The van der Waals surface area contributed by atoms with E-state index in [1.807, 2.05) is 0 Å². The van der Waals surface area contributed by atoms with Crippen molar-refractivity contribution in [2.45, 2.75) is 38.7 Å². The molecule has 2 atom stereocenters. The number of rotatable bonds is 8. The summed E-state index contributed by atoms with van der Waals surface area (Å²) >= 11 is 0. The average Bonchev–Trinajstić information content (AvgIpc) is 3.01. The molecule has 2 aliphatic rings. The number of aliphatic hydroxyl groups is 1. The number of aromatic nitrogens is 2. The first kappa shape index (κ1) is 16.0. The number of nitrogens with zero attached hydrogens (tertiary/aromatic N) is 3. The van der Waals surface area contributed by atoms with Gasteiger partial charge in [0.05, 0.1) is 12.3 Å². The van der Waals surface area contributed by atoms with Gasteiger partial charge in [0.25, 0.3) is 6.48 Å². The Balaban J connectivity index is 1.60. The Labute approximate surface area is 135 Å². The number of ether oxygens (including phenoxy) is 2. The van der Waals surface area contributed by atoms with E-state index in [4.69, 9.17) is 4.74 Å². The van der Waals surface area contributed by atoms with Gasteiger partial charge in [-0.1, -0.05) is 6.92 Å². The SMILES string of the molecule is CCC(CCOC(O)OC)[N+]1=CC(c2ncnc3c2CCN3)=C1. The molecule has 2 N–H and O–H groups in total. The molecule has 3 heterocycles. The van der Waals surface area contributed by atoms with Crippen LogP contribution in [0.25, 0.3) is 5.57 Å². The second kappa shape index (κ2) is 7.16. The fraction of sp³-hybridized carbons (Fsp3) is 0.562. The Morgan fingerprint density at radius 1 is 1.43 bits per heavy atom. The smallest absolute Gasteiger partial charge is 0.268 e. The molecule has 23 heavy (non-hydrogen) atoms. The molecule has 0 amide bonds. The molecular weight excluding hydrogens is 296 g/mol. The monoisotopic (exact) mass is 319 g/mol. The summed E-state index contributed by atoms with van der Waals surface area (Å²) < 4.78 is 12.0. The van der Waals surface area contributed by atoms with Crippen molar-refractivity contribution in [3.63, 3.8) is 0 Å². The minimum absolute atomic E-state index is 0.343. The van der Waals surface area contributed by atoms with Gasteiger partial charge >= 0.3 is 0 Å². The van der Waals surface area contributed by atoms with Crippen molar-refractivity contribution in [1.29, 1.82) is 0 Å². The fourth-order valence-electron chi connectivity index (χ4n) is 2.94. The molecule has 2 unspecified atom stereocenters. The van der Waals surface area contributed by atoms with Gasteiger partial charge in [-0.3, -0.25) is 0 Å². The Morgan fingerprint density at radius 2 is 2.26 bits per heavy atom. The molecule has 7 nitrogen and oxygen atoms in total. The van der Waals surface area contributed by atoms with Crippen LogP contribution in [0.15, 0.2) is 12.5 Å². The lowest BCUT2D eigenvalue weighted by Crippen LogP contribution is -2.30. The lowest BCUT2D eigenvalue weighted by atomic mass is 10.0. The first-order valence-corrected chi connectivity index (χ1v) is 7.97. The highest BCUT2D eigenvalue weighted by atomic mass is 16.8. The first-order valence-electron chi connectivity index (χ1n) is 7.97. The maximum atomic E-state index is 9.24. The number of aliphatic hydroxyl groups excluding tert-OH is 1. The highest BCUT2D eigenvalue weighted by Gasteiger charge is 2.30. The predicted molar refractivity (Wildman–Crippen MR) is 86.2 cm³/mol. The predicted octanol–water partition coefficient (Wildman–Crippen LogP) is 0.990. The molecule has 2 aliphatic heterocycles. The van der Waals surface area contributed by atoms with E-state index >= 15 is 0 Å². The Hall–Kier alpha value is -1.83. The number of hydrogen-bond donors (Lipinski definition) is 2. The normalized spacial score (nSPS) is 18.4. The molecule has 0 saturated heterocycles. The van der Waals surface area contributed by atoms with Gasteiger partial charge in [0.15, 0.2) is 18.5 Å². The zero-order chi connectivity index (χ0) is 16.2. The van der Waals surface area contributed by atoms with Crippen LogP contribution in [-0.4, -0.2) is 58.6 Å². The zero-order valence-corrected chi connectivity index (χ0v) is 13.5. The first-order chi connectivity index (χ1) is 11.2. The van der Waals surface area contributed by atoms with Gasteiger partial charge in [-0.25, -0.2) is 14.5 Å². The van der Waals surface area contributed by atoms with E-state index in [1.165, 1.54) is 12.7 Å². The van der Waals surface area contributed by atoms with Crippen LogP contribution >= 0.6 is 0 Å². The van der Waals surface area contributed by atoms with Crippen LogP contribution in [0.4, 0.5) is 5.82 Å². The summed E-state index contributed by atoms with van der Waals surface area (Å²) in [6, 6.07) is 0.343. The average molecular weight is 319 g/mol. The highest BCUT2D eigenvalue weighted by Crippen LogP contribution is 2.28. The molecular formula is C16H23N4O3+. The molecule has 0 aromatic carbocycles. The van der Waals surface area contributed by atoms with E-state index in [2.05, 4.69) is 43.9 Å². The molecule has 0 bridgehead atoms. The second-order valence-electron chi connectivity index (χ2n) is 5.65.